The van der Waals surface area contributed by atoms with E-state index in [1.807, 2.05) is 0 Å². The topological polar surface area (TPSA) is 243 Å². The lowest BCUT2D eigenvalue weighted by molar-refractivity contribution is -0.376. The highest BCUT2D eigenvalue weighted by Crippen LogP contribution is 2.40. The van der Waals surface area contributed by atoms with E-state index in [1.54, 1.807) is 0 Å². The second kappa shape index (κ2) is 7.17. The van der Waals surface area contributed by atoms with Crippen LogP contribution in [0.1, 0.15) is 6.42 Å². The van der Waals surface area contributed by atoms with Gasteiger partial charge in [-0.2, -0.15) is 0 Å². The van der Waals surface area contributed by atoms with Crippen LogP contribution in [0.5, 0.6) is 0 Å². The Bertz CT molecular complexity index is 547. The Hall–Kier alpha value is -1.87. The first kappa shape index (κ1) is 21.2. The molecule has 1 fully saturated rings. The Morgan fingerprint density at radius 1 is 1.08 bits per heavy atom. The molecule has 7 atom stereocenters. The van der Waals surface area contributed by atoms with Crippen LogP contribution in [-0.2, 0) is 19.1 Å². The quantitative estimate of drug-likeness (QED) is 0.204. The predicted octanol–water partition coefficient (Wildman–Crippen LogP) is -4.86. The van der Waals surface area contributed by atoms with Crippen LogP contribution in [0.3, 0.4) is 0 Å². The van der Waals surface area contributed by atoms with E-state index >= 15 is 0 Å². The van der Waals surface area contributed by atoms with Gasteiger partial charge in [0.05, 0.1) is 13.0 Å². The second-order valence-corrected chi connectivity index (χ2v) is 5.59. The number of rotatable bonds is 7. The van der Waals surface area contributed by atoms with Crippen molar-refractivity contribution in [3.05, 3.63) is 0 Å². The number of carboxylic acids is 3. The summed E-state index contributed by atoms with van der Waals surface area (Å²) in [6.45, 7) is -1.09. The van der Waals surface area contributed by atoms with Crippen molar-refractivity contribution in [1.29, 1.82) is 0 Å². The molecule has 1 aliphatic heterocycles. The van der Waals surface area contributed by atoms with E-state index in [0.717, 1.165) is 0 Å². The number of hydrogen-bond donors (Lipinski definition) is 9. The number of carboxylic acid groups (broad SMARTS) is 3. The minimum absolute atomic E-state index is 1.09. The predicted molar refractivity (Wildman–Crippen MR) is 70.9 cm³/mol. The zero-order valence-corrected chi connectivity index (χ0v) is 12.5. The molecule has 1 aliphatic rings. The Labute approximate surface area is 138 Å². The molecule has 0 aromatic rings. The molecule has 1 heterocycles. The fraction of sp³-hybridized carbons (Fsp3) is 0.750. The Morgan fingerprint density at radius 3 is 1.96 bits per heavy atom. The zero-order chi connectivity index (χ0) is 19.7. The lowest BCUT2D eigenvalue weighted by Gasteiger charge is -2.49. The molecule has 25 heavy (non-hydrogen) atoms. The van der Waals surface area contributed by atoms with Gasteiger partial charge >= 0.3 is 17.9 Å². The maximum atomic E-state index is 11.5. The van der Waals surface area contributed by atoms with Crippen molar-refractivity contribution in [3.8, 4) is 0 Å². The summed E-state index contributed by atoms with van der Waals surface area (Å²) in [5, 5.41) is 85.9. The van der Waals surface area contributed by atoms with Gasteiger partial charge in [0.25, 0.3) is 0 Å². The molecule has 0 aliphatic carbocycles. The van der Waals surface area contributed by atoms with Gasteiger partial charge in [-0.3, -0.25) is 9.59 Å². The molecule has 13 heteroatoms. The Kier molecular flexibility index (Phi) is 6.07. The highest BCUT2D eigenvalue weighted by Gasteiger charge is 2.67. The number of aliphatic hydroxyl groups excluding tert-OH is 4. The molecule has 3 unspecified atom stereocenters. The maximum Gasteiger partial charge on any atom is 0.337 e. The van der Waals surface area contributed by atoms with Crippen molar-refractivity contribution >= 4 is 17.9 Å². The summed E-state index contributed by atoms with van der Waals surface area (Å²) >= 11 is 0. The molecular formula is C12H18O13. The van der Waals surface area contributed by atoms with Gasteiger partial charge in [-0.05, 0) is 0 Å². The molecule has 0 aromatic carbocycles. The summed E-state index contributed by atoms with van der Waals surface area (Å²) in [7, 11) is 0. The summed E-state index contributed by atoms with van der Waals surface area (Å²) in [6.07, 6.45) is -10.5. The van der Waals surface area contributed by atoms with E-state index in [0.29, 0.717) is 0 Å². The van der Waals surface area contributed by atoms with Crippen molar-refractivity contribution < 1.29 is 65.1 Å². The molecule has 0 aromatic heterocycles. The fourth-order valence-electron chi connectivity index (χ4n) is 2.67. The molecule has 0 radical (unpaired) electrons. The minimum Gasteiger partial charge on any atom is -0.481 e. The Morgan fingerprint density at radius 2 is 1.60 bits per heavy atom. The normalized spacial score (nSPS) is 36.2. The minimum atomic E-state index is -3.67. The smallest absolute Gasteiger partial charge is 0.337 e. The lowest BCUT2D eigenvalue weighted by Crippen LogP contribution is -2.73. The largest absolute Gasteiger partial charge is 0.481 e. The van der Waals surface area contributed by atoms with E-state index < -0.39 is 72.7 Å². The van der Waals surface area contributed by atoms with E-state index in [2.05, 4.69) is 4.74 Å². The van der Waals surface area contributed by atoms with Gasteiger partial charge in [-0.1, -0.05) is 0 Å². The van der Waals surface area contributed by atoms with Crippen LogP contribution >= 0.6 is 0 Å². The second-order valence-electron chi connectivity index (χ2n) is 5.59. The first-order valence-corrected chi connectivity index (χ1v) is 6.78. The van der Waals surface area contributed by atoms with Gasteiger partial charge in [0.2, 0.25) is 5.79 Å². The average molecular weight is 370 g/mol. The number of hydrogen-bond acceptors (Lipinski definition) is 10. The van der Waals surface area contributed by atoms with Crippen molar-refractivity contribution in [2.75, 3.05) is 6.61 Å². The van der Waals surface area contributed by atoms with Crippen LogP contribution in [0.4, 0.5) is 0 Å². The van der Waals surface area contributed by atoms with Gasteiger partial charge < -0.3 is 50.7 Å². The summed E-state index contributed by atoms with van der Waals surface area (Å²) in [4.78, 5) is 33.6. The van der Waals surface area contributed by atoms with Crippen molar-refractivity contribution in [1.82, 2.24) is 0 Å². The van der Waals surface area contributed by atoms with Crippen LogP contribution < -0.4 is 0 Å². The van der Waals surface area contributed by atoms with Gasteiger partial charge in [0, 0.05) is 0 Å². The Balaban J connectivity index is 3.52. The first-order valence-electron chi connectivity index (χ1n) is 6.78. The SMILES string of the molecule is O=C(O)CC(O)(C(=O)O)C(C(=O)O)C1(O)O[C@H](CO)[C@@H](O)[C@H](O)[C@H]1O. The summed E-state index contributed by atoms with van der Waals surface area (Å²) in [5.74, 6) is -13.2. The molecule has 0 spiro atoms. The van der Waals surface area contributed by atoms with Crippen molar-refractivity contribution in [2.45, 2.75) is 42.2 Å². The van der Waals surface area contributed by atoms with Crippen LogP contribution in [0.15, 0.2) is 0 Å². The number of ether oxygens (including phenoxy) is 1. The molecule has 0 amide bonds. The van der Waals surface area contributed by atoms with Gasteiger partial charge in [0.1, 0.15) is 24.4 Å². The zero-order valence-electron chi connectivity index (χ0n) is 12.5. The van der Waals surface area contributed by atoms with Gasteiger partial charge in [-0.15, -0.1) is 0 Å². The third-order valence-electron chi connectivity index (χ3n) is 3.93. The molecule has 13 nitrogen and oxygen atoms in total. The van der Waals surface area contributed by atoms with E-state index in [-0.39, 0.29) is 0 Å². The molecule has 0 saturated carbocycles. The average Bonchev–Trinajstić information content (AvgIpc) is 2.47. The molecule has 144 valence electrons. The van der Waals surface area contributed by atoms with Crippen LogP contribution in [-0.4, -0.2) is 106 Å². The van der Waals surface area contributed by atoms with E-state index in [1.165, 1.54) is 0 Å². The molecule has 0 bridgehead atoms. The number of aliphatic hydroxyl groups is 6. The van der Waals surface area contributed by atoms with Crippen LogP contribution in [0.2, 0.25) is 0 Å². The first-order chi connectivity index (χ1) is 11.3. The number of aliphatic carboxylic acids is 3. The van der Waals surface area contributed by atoms with Crippen LogP contribution in [0, 0.1) is 5.92 Å². The van der Waals surface area contributed by atoms with Crippen molar-refractivity contribution in [3.63, 3.8) is 0 Å². The standard InChI is InChI=1S/C12H18O13/c13-2-3-5(16)6(17)8(18)12(24,25-3)7(9(19)20)11(23,10(21)22)1-4(14)15/h3,5-8,13,16-18,23-24H,1-2H2,(H,14,15)(H,19,20)(H,21,22)/t3-,5-,6+,7?,8-,11?,12?/m1/s1. The molecular weight excluding hydrogens is 352 g/mol. The lowest BCUT2D eigenvalue weighted by atomic mass is 9.73. The van der Waals surface area contributed by atoms with E-state index in [4.69, 9.17) is 15.3 Å². The fourth-order valence-corrected chi connectivity index (χ4v) is 2.67. The van der Waals surface area contributed by atoms with Crippen molar-refractivity contribution in [2.24, 2.45) is 5.92 Å². The highest BCUT2D eigenvalue weighted by molar-refractivity contribution is 5.90. The molecule has 1 rings (SSSR count). The molecule has 1 saturated heterocycles. The summed E-state index contributed by atoms with van der Waals surface area (Å²) in [6, 6.07) is 0. The molecule has 9 N–H and O–H groups in total. The summed E-state index contributed by atoms with van der Waals surface area (Å²) < 4.78 is 4.67. The monoisotopic (exact) mass is 370 g/mol. The third-order valence-corrected chi connectivity index (χ3v) is 3.93. The van der Waals surface area contributed by atoms with Crippen LogP contribution in [0.25, 0.3) is 0 Å². The summed E-state index contributed by atoms with van der Waals surface area (Å²) in [5.41, 5.74) is -3.67. The third kappa shape index (κ3) is 3.57. The highest BCUT2D eigenvalue weighted by atomic mass is 16.7. The maximum absolute atomic E-state index is 11.5. The van der Waals surface area contributed by atoms with Gasteiger partial charge in [0.15, 0.2) is 11.5 Å². The van der Waals surface area contributed by atoms with Gasteiger partial charge in [-0.25, -0.2) is 4.79 Å². The number of carbonyl (C=O) groups is 3. The van der Waals surface area contributed by atoms with E-state index in [9.17, 15) is 45.0 Å².